The quantitative estimate of drug-likeness (QED) is 0.699. The Morgan fingerprint density at radius 3 is 2.86 bits per heavy atom. The molecule has 8 heteroatoms. The number of thioether (sulfide) groups is 1. The molecule has 1 aliphatic heterocycles. The lowest BCUT2D eigenvalue weighted by Gasteiger charge is -2.12. The van der Waals surface area contributed by atoms with Crippen LogP contribution in [0.1, 0.15) is 31.5 Å². The van der Waals surface area contributed by atoms with Gasteiger partial charge in [0.05, 0.1) is 0 Å². The van der Waals surface area contributed by atoms with Crippen molar-refractivity contribution in [2.24, 2.45) is 5.92 Å². The van der Waals surface area contributed by atoms with E-state index in [2.05, 4.69) is 20.2 Å². The Morgan fingerprint density at radius 2 is 2.24 bits per heavy atom. The number of aryl methyl sites for hydroxylation is 1. The van der Waals surface area contributed by atoms with E-state index < -0.39 is 10.0 Å². The van der Waals surface area contributed by atoms with Crippen molar-refractivity contribution in [1.29, 1.82) is 0 Å². The van der Waals surface area contributed by atoms with Gasteiger partial charge in [0.25, 0.3) is 10.0 Å². The molecule has 0 saturated carbocycles. The number of H-pyrrole nitrogens is 1. The Bertz CT molecular complexity index is 563. The lowest BCUT2D eigenvalue weighted by molar-refractivity contribution is 0.539. The molecule has 3 N–H and O–H groups in total. The lowest BCUT2D eigenvalue weighted by atomic mass is 10.1. The van der Waals surface area contributed by atoms with E-state index in [4.69, 9.17) is 0 Å². The molecule has 1 aromatic heterocycles. The molecule has 1 aliphatic rings. The van der Waals surface area contributed by atoms with Gasteiger partial charge in [0, 0.05) is 30.4 Å². The van der Waals surface area contributed by atoms with Crippen LogP contribution in [0, 0.1) is 12.8 Å². The average molecular weight is 332 g/mol. The van der Waals surface area contributed by atoms with Gasteiger partial charge in [0.1, 0.15) is 0 Å². The monoisotopic (exact) mass is 332 g/mol. The summed E-state index contributed by atoms with van der Waals surface area (Å²) < 4.78 is 27.6. The average Bonchev–Trinajstić information content (AvgIpc) is 3.03. The van der Waals surface area contributed by atoms with Crippen molar-refractivity contribution >= 4 is 21.8 Å². The summed E-state index contributed by atoms with van der Waals surface area (Å²) in [6, 6.07) is 0.290. The highest BCUT2D eigenvalue weighted by atomic mass is 32.2. The van der Waals surface area contributed by atoms with E-state index >= 15 is 0 Å². The van der Waals surface area contributed by atoms with Gasteiger partial charge in [-0.15, -0.1) is 0 Å². The molecule has 0 bridgehead atoms. The molecule has 1 fully saturated rings. The van der Waals surface area contributed by atoms with Gasteiger partial charge in [-0.25, -0.2) is 13.1 Å². The van der Waals surface area contributed by atoms with E-state index in [9.17, 15) is 8.42 Å². The second-order valence-electron chi connectivity index (χ2n) is 5.75. The molecule has 1 atom stereocenters. The Labute approximate surface area is 130 Å². The van der Waals surface area contributed by atoms with Crippen LogP contribution in [-0.4, -0.2) is 42.7 Å². The summed E-state index contributed by atoms with van der Waals surface area (Å²) in [5, 5.41) is 10.1. The molecule has 0 aromatic carbocycles. The van der Waals surface area contributed by atoms with E-state index in [0.717, 1.165) is 29.2 Å². The molecule has 2 heterocycles. The van der Waals surface area contributed by atoms with Gasteiger partial charge in [-0.2, -0.15) is 16.9 Å². The largest absolute Gasteiger partial charge is 0.310 e. The summed E-state index contributed by atoms with van der Waals surface area (Å²) in [7, 11) is -3.55. The second-order valence-corrected chi connectivity index (χ2v) is 8.58. The highest BCUT2D eigenvalue weighted by Gasteiger charge is 2.25. The minimum absolute atomic E-state index is 0.124. The first-order valence-electron chi connectivity index (χ1n) is 7.24. The van der Waals surface area contributed by atoms with Gasteiger partial charge in [-0.1, -0.05) is 13.8 Å². The topological polar surface area (TPSA) is 86.9 Å². The highest BCUT2D eigenvalue weighted by molar-refractivity contribution is 7.99. The van der Waals surface area contributed by atoms with Gasteiger partial charge < -0.3 is 5.32 Å². The van der Waals surface area contributed by atoms with Gasteiger partial charge in [0.2, 0.25) is 0 Å². The van der Waals surface area contributed by atoms with Crippen LogP contribution in [0.25, 0.3) is 0 Å². The van der Waals surface area contributed by atoms with E-state index in [1.807, 2.05) is 32.5 Å². The first-order chi connectivity index (χ1) is 9.90. The van der Waals surface area contributed by atoms with Crippen LogP contribution >= 0.6 is 11.8 Å². The molecule has 1 saturated heterocycles. The number of nitrogens with one attached hydrogen (secondary N) is 3. The van der Waals surface area contributed by atoms with Crippen molar-refractivity contribution in [3.8, 4) is 0 Å². The third-order valence-corrected chi connectivity index (χ3v) is 6.19. The first kappa shape index (κ1) is 16.8. The zero-order chi connectivity index (χ0) is 15.5. The fraction of sp³-hybridized carbons (Fsp3) is 0.769. The Kier molecular flexibility index (Phi) is 5.70. The van der Waals surface area contributed by atoms with Gasteiger partial charge in [-0.05, 0) is 30.8 Å². The highest BCUT2D eigenvalue weighted by Crippen LogP contribution is 2.23. The van der Waals surface area contributed by atoms with Crippen molar-refractivity contribution in [3.05, 3.63) is 11.3 Å². The fourth-order valence-electron chi connectivity index (χ4n) is 2.21. The van der Waals surface area contributed by atoms with Crippen LogP contribution in [0.15, 0.2) is 5.03 Å². The molecule has 0 radical (unpaired) electrons. The van der Waals surface area contributed by atoms with Crippen molar-refractivity contribution in [1.82, 2.24) is 20.2 Å². The van der Waals surface area contributed by atoms with Gasteiger partial charge in [0.15, 0.2) is 5.03 Å². The van der Waals surface area contributed by atoms with Gasteiger partial charge in [-0.3, -0.25) is 5.10 Å². The second kappa shape index (κ2) is 7.13. The Morgan fingerprint density at radius 1 is 1.48 bits per heavy atom. The molecular formula is C13H24N4O2S2. The van der Waals surface area contributed by atoms with Crippen molar-refractivity contribution in [3.63, 3.8) is 0 Å². The third-order valence-electron chi connectivity index (χ3n) is 3.56. The van der Waals surface area contributed by atoms with Crippen molar-refractivity contribution < 1.29 is 8.42 Å². The molecule has 1 aromatic rings. The molecule has 0 spiro atoms. The smallest absolute Gasteiger partial charge is 0.260 e. The summed E-state index contributed by atoms with van der Waals surface area (Å²) in [5.41, 5.74) is 1.51. The fourth-order valence-corrected chi connectivity index (χ4v) is 4.80. The van der Waals surface area contributed by atoms with Crippen molar-refractivity contribution in [2.75, 3.05) is 18.1 Å². The van der Waals surface area contributed by atoms with Crippen LogP contribution < -0.4 is 10.0 Å². The summed E-state index contributed by atoms with van der Waals surface area (Å²) >= 11 is 1.88. The molecule has 2 rings (SSSR count). The summed E-state index contributed by atoms with van der Waals surface area (Å²) in [4.78, 5) is 0. The number of nitrogens with zero attached hydrogens (tertiary/aromatic N) is 1. The predicted octanol–water partition coefficient (Wildman–Crippen LogP) is 1.25. The predicted molar refractivity (Wildman–Crippen MR) is 85.9 cm³/mol. The zero-order valence-electron chi connectivity index (χ0n) is 12.8. The SMILES string of the molecule is Cc1[nH]nc(S(=O)(=O)NCC2CCSC2)c1CNC(C)C. The van der Waals surface area contributed by atoms with Crippen LogP contribution in [0.5, 0.6) is 0 Å². The minimum Gasteiger partial charge on any atom is -0.310 e. The normalized spacial score (nSPS) is 19.5. The number of sulfonamides is 1. The number of rotatable bonds is 7. The number of aromatic amines is 1. The maximum absolute atomic E-state index is 12.4. The number of aromatic nitrogens is 2. The first-order valence-corrected chi connectivity index (χ1v) is 9.88. The molecule has 0 amide bonds. The molecule has 0 aliphatic carbocycles. The van der Waals surface area contributed by atoms with E-state index in [-0.39, 0.29) is 5.03 Å². The molecule has 120 valence electrons. The van der Waals surface area contributed by atoms with E-state index in [1.54, 1.807) is 0 Å². The number of hydrogen-bond acceptors (Lipinski definition) is 5. The van der Waals surface area contributed by atoms with Crippen LogP contribution in [0.3, 0.4) is 0 Å². The summed E-state index contributed by atoms with van der Waals surface area (Å²) in [6.07, 6.45) is 1.08. The van der Waals surface area contributed by atoms with Crippen LogP contribution in [0.4, 0.5) is 0 Å². The van der Waals surface area contributed by atoms with Gasteiger partial charge >= 0.3 is 0 Å². The summed E-state index contributed by atoms with van der Waals surface area (Å²) in [6.45, 7) is 6.89. The molecule has 21 heavy (non-hydrogen) atoms. The van der Waals surface area contributed by atoms with E-state index in [1.165, 1.54) is 0 Å². The third kappa shape index (κ3) is 4.45. The maximum atomic E-state index is 12.4. The molecular weight excluding hydrogens is 308 g/mol. The van der Waals surface area contributed by atoms with Crippen molar-refractivity contribution in [2.45, 2.75) is 44.8 Å². The van der Waals surface area contributed by atoms with E-state index in [0.29, 0.717) is 25.0 Å². The zero-order valence-corrected chi connectivity index (χ0v) is 14.4. The molecule has 6 nitrogen and oxygen atoms in total. The standard InChI is InChI=1S/C13H24N4O2S2/c1-9(2)14-7-12-10(3)16-17-13(12)21(18,19)15-6-11-4-5-20-8-11/h9,11,14-15H,4-8H2,1-3H3,(H,16,17). The Hall–Kier alpha value is -0.570. The molecule has 1 unspecified atom stereocenters. The lowest BCUT2D eigenvalue weighted by Crippen LogP contribution is -2.31. The Balaban J connectivity index is 2.07. The van der Waals surface area contributed by atoms with Crippen LogP contribution in [-0.2, 0) is 16.6 Å². The van der Waals surface area contributed by atoms with Crippen LogP contribution in [0.2, 0.25) is 0 Å². The maximum Gasteiger partial charge on any atom is 0.260 e. The number of hydrogen-bond donors (Lipinski definition) is 3. The summed E-state index contributed by atoms with van der Waals surface area (Å²) in [5.74, 6) is 2.59. The minimum atomic E-state index is -3.55.